The number of hydrogen-bond acceptors (Lipinski definition) is 5. The molecule has 3 aliphatic heterocycles. The number of rotatable bonds is 6. The SMILES string of the molecule is C=CC(C)[C@H]1CC2=C(C(=N)/C=C\C)[C@H](c3ccc(F)cc3Cl)N=C(C3SC=CN3C)N2C1. The van der Waals surface area contributed by atoms with Gasteiger partial charge >= 0.3 is 0 Å². The van der Waals surface area contributed by atoms with Crippen molar-refractivity contribution in [1.29, 1.82) is 5.41 Å². The Morgan fingerprint density at radius 2 is 2.22 bits per heavy atom. The lowest BCUT2D eigenvalue weighted by atomic mass is 9.88. The highest BCUT2D eigenvalue weighted by atomic mass is 35.5. The second-order valence-electron chi connectivity index (χ2n) is 8.44. The van der Waals surface area contributed by atoms with E-state index in [-0.39, 0.29) is 11.2 Å². The van der Waals surface area contributed by atoms with Gasteiger partial charge in [-0.2, -0.15) is 0 Å². The topological polar surface area (TPSA) is 42.7 Å². The summed E-state index contributed by atoms with van der Waals surface area (Å²) in [6.45, 7) is 8.94. The van der Waals surface area contributed by atoms with Gasteiger partial charge in [-0.1, -0.05) is 48.5 Å². The van der Waals surface area contributed by atoms with Crippen LogP contribution in [0.25, 0.3) is 0 Å². The summed E-state index contributed by atoms with van der Waals surface area (Å²) >= 11 is 8.23. The van der Waals surface area contributed by atoms with E-state index in [0.29, 0.717) is 22.6 Å². The summed E-state index contributed by atoms with van der Waals surface area (Å²) in [7, 11) is 2.05. The average molecular weight is 471 g/mol. The van der Waals surface area contributed by atoms with E-state index in [9.17, 15) is 4.39 Å². The van der Waals surface area contributed by atoms with Gasteiger partial charge in [0.15, 0.2) is 0 Å². The molecule has 0 aromatic heterocycles. The Morgan fingerprint density at radius 1 is 1.44 bits per heavy atom. The minimum atomic E-state index is -0.458. The molecule has 0 spiro atoms. The zero-order valence-electron chi connectivity index (χ0n) is 18.6. The molecule has 7 heteroatoms. The van der Waals surface area contributed by atoms with E-state index in [0.717, 1.165) is 35.6 Å². The Bertz CT molecular complexity index is 1060. The fourth-order valence-electron chi connectivity index (χ4n) is 4.55. The number of fused-ring (bicyclic) bond motifs is 1. The molecule has 2 unspecified atom stereocenters. The third-order valence-electron chi connectivity index (χ3n) is 6.41. The summed E-state index contributed by atoms with van der Waals surface area (Å²) < 4.78 is 13.8. The van der Waals surface area contributed by atoms with Crippen LogP contribution in [0.1, 0.15) is 31.9 Å². The van der Waals surface area contributed by atoms with Gasteiger partial charge < -0.3 is 15.2 Å². The van der Waals surface area contributed by atoms with E-state index in [1.54, 1.807) is 23.9 Å². The second kappa shape index (κ2) is 9.28. The van der Waals surface area contributed by atoms with E-state index >= 15 is 0 Å². The molecular weight excluding hydrogens is 443 g/mol. The number of amidine groups is 1. The first-order chi connectivity index (χ1) is 15.3. The van der Waals surface area contributed by atoms with Crippen LogP contribution in [0.15, 0.2) is 70.9 Å². The van der Waals surface area contributed by atoms with Crippen LogP contribution in [0.3, 0.4) is 0 Å². The number of benzene rings is 1. The minimum absolute atomic E-state index is 0.0435. The molecule has 0 amide bonds. The lowest BCUT2D eigenvalue weighted by Gasteiger charge is -2.37. The number of aliphatic imine (C=N–C) groups is 1. The van der Waals surface area contributed by atoms with Gasteiger partial charge in [-0.15, -0.1) is 6.58 Å². The lowest BCUT2D eigenvalue weighted by molar-refractivity contribution is 0.401. The molecule has 3 aliphatic rings. The molecule has 4 rings (SSSR count). The Hall–Kier alpha value is -2.31. The van der Waals surface area contributed by atoms with Crippen LogP contribution in [0.2, 0.25) is 5.02 Å². The van der Waals surface area contributed by atoms with E-state index in [1.807, 2.05) is 26.1 Å². The molecule has 1 N–H and O–H groups in total. The quantitative estimate of drug-likeness (QED) is 0.386. The van der Waals surface area contributed by atoms with Crippen molar-refractivity contribution in [3.8, 4) is 0 Å². The molecular formula is C25H28ClFN4S. The third kappa shape index (κ3) is 4.06. The van der Waals surface area contributed by atoms with Gasteiger partial charge in [0, 0.05) is 41.6 Å². The Labute approximate surface area is 198 Å². The highest BCUT2D eigenvalue weighted by Gasteiger charge is 2.43. The van der Waals surface area contributed by atoms with Crippen molar-refractivity contribution in [2.24, 2.45) is 16.8 Å². The largest absolute Gasteiger partial charge is 0.361 e. The first-order valence-corrected chi connectivity index (χ1v) is 12.1. The minimum Gasteiger partial charge on any atom is -0.361 e. The lowest BCUT2D eigenvalue weighted by Crippen LogP contribution is -2.44. The van der Waals surface area contributed by atoms with E-state index in [2.05, 4.69) is 34.9 Å². The average Bonchev–Trinajstić information content (AvgIpc) is 3.39. The summed E-state index contributed by atoms with van der Waals surface area (Å²) in [5.41, 5.74) is 3.10. The summed E-state index contributed by atoms with van der Waals surface area (Å²) in [5.74, 6) is 1.30. The molecule has 3 heterocycles. The van der Waals surface area contributed by atoms with Crippen LogP contribution in [0.4, 0.5) is 4.39 Å². The standard InChI is InChI=1S/C25H28ClFN4S/c1-5-7-20(28)22-21-12-16(15(3)6-2)14-31(21)24(25-30(4)10-11-32-25)29-23(22)18-9-8-17(27)13-19(18)26/h5-11,13,15-16,23,25,28H,2,12,14H2,1,3-4H3/b7-5-,28-20?/t15?,16-,23-,25?/m0/s1. The molecule has 4 atom stereocenters. The first-order valence-electron chi connectivity index (χ1n) is 10.8. The maximum atomic E-state index is 13.8. The Balaban J connectivity index is 1.90. The molecule has 168 valence electrons. The summed E-state index contributed by atoms with van der Waals surface area (Å²) in [6, 6.07) is 3.99. The molecule has 1 fully saturated rings. The molecule has 1 saturated heterocycles. The molecule has 0 saturated carbocycles. The van der Waals surface area contributed by atoms with Crippen molar-refractivity contribution >= 4 is 34.9 Å². The zero-order valence-corrected chi connectivity index (χ0v) is 20.1. The van der Waals surface area contributed by atoms with Crippen molar-refractivity contribution < 1.29 is 4.39 Å². The van der Waals surface area contributed by atoms with Gasteiger partial charge in [0.25, 0.3) is 0 Å². The number of nitrogens with one attached hydrogen (secondary N) is 1. The van der Waals surface area contributed by atoms with Crippen LogP contribution in [0.5, 0.6) is 0 Å². The highest BCUT2D eigenvalue weighted by molar-refractivity contribution is 8.03. The van der Waals surface area contributed by atoms with Crippen LogP contribution in [0, 0.1) is 23.1 Å². The molecule has 0 bridgehead atoms. The van der Waals surface area contributed by atoms with Crippen LogP contribution >= 0.6 is 23.4 Å². The van der Waals surface area contributed by atoms with Crippen LogP contribution < -0.4 is 0 Å². The van der Waals surface area contributed by atoms with Gasteiger partial charge in [0.1, 0.15) is 23.1 Å². The predicted molar refractivity (Wildman–Crippen MR) is 134 cm³/mol. The van der Waals surface area contributed by atoms with Crippen molar-refractivity contribution in [2.45, 2.75) is 31.7 Å². The van der Waals surface area contributed by atoms with Crippen LogP contribution in [-0.2, 0) is 0 Å². The van der Waals surface area contributed by atoms with Gasteiger partial charge in [-0.25, -0.2) is 4.39 Å². The van der Waals surface area contributed by atoms with Crippen molar-refractivity contribution in [1.82, 2.24) is 9.80 Å². The molecule has 0 radical (unpaired) electrons. The van der Waals surface area contributed by atoms with Gasteiger partial charge in [-0.05, 0) is 48.8 Å². The van der Waals surface area contributed by atoms with E-state index in [1.165, 1.54) is 12.1 Å². The summed E-state index contributed by atoms with van der Waals surface area (Å²) in [4.78, 5) is 9.65. The number of likely N-dealkylation sites (N-methyl/N-ethyl adjacent to an activating group) is 1. The molecule has 1 aromatic carbocycles. The molecule has 0 aliphatic carbocycles. The first kappa shape index (κ1) is 22.9. The fourth-order valence-corrected chi connectivity index (χ4v) is 5.80. The number of hydrogen-bond donors (Lipinski definition) is 1. The zero-order chi connectivity index (χ0) is 23.0. The third-order valence-corrected chi connectivity index (χ3v) is 7.82. The summed E-state index contributed by atoms with van der Waals surface area (Å²) in [6.07, 6.45) is 8.56. The second-order valence-corrected chi connectivity index (χ2v) is 9.84. The fraction of sp³-hybridized carbons (Fsp3) is 0.360. The van der Waals surface area contributed by atoms with Crippen molar-refractivity contribution in [3.05, 3.63) is 82.3 Å². The normalized spacial score (nSPS) is 26.0. The molecule has 1 aromatic rings. The Kier molecular flexibility index (Phi) is 6.63. The number of thioether (sulfide) groups is 1. The number of allylic oxidation sites excluding steroid dienone is 4. The predicted octanol–water partition coefficient (Wildman–Crippen LogP) is 6.40. The number of halogens is 2. The summed E-state index contributed by atoms with van der Waals surface area (Å²) in [5, 5.41) is 11.3. The van der Waals surface area contributed by atoms with Crippen molar-refractivity contribution in [3.63, 3.8) is 0 Å². The van der Waals surface area contributed by atoms with Crippen molar-refractivity contribution in [2.75, 3.05) is 13.6 Å². The maximum Gasteiger partial charge on any atom is 0.138 e. The monoisotopic (exact) mass is 470 g/mol. The van der Waals surface area contributed by atoms with Gasteiger partial charge in [0.2, 0.25) is 0 Å². The number of nitrogens with zero attached hydrogens (tertiary/aromatic N) is 3. The smallest absolute Gasteiger partial charge is 0.138 e. The van der Waals surface area contributed by atoms with Crippen LogP contribution in [-0.4, -0.2) is 40.3 Å². The Morgan fingerprint density at radius 3 is 2.84 bits per heavy atom. The van der Waals surface area contributed by atoms with Gasteiger partial charge in [0.05, 0.1) is 5.71 Å². The van der Waals surface area contributed by atoms with Gasteiger partial charge in [-0.3, -0.25) is 4.99 Å². The van der Waals surface area contributed by atoms with E-state index < -0.39 is 6.04 Å². The maximum absolute atomic E-state index is 13.8. The van der Waals surface area contributed by atoms with E-state index in [4.69, 9.17) is 22.0 Å². The molecule has 32 heavy (non-hydrogen) atoms. The highest BCUT2D eigenvalue weighted by Crippen LogP contribution is 2.46. The molecule has 4 nitrogen and oxygen atoms in total.